The maximum absolute atomic E-state index is 12.3. The number of carbonyl (C=O) groups is 1. The maximum Gasteiger partial charge on any atom is 0.240 e. The molecule has 27 heavy (non-hydrogen) atoms. The molecule has 0 aliphatic carbocycles. The summed E-state index contributed by atoms with van der Waals surface area (Å²) in [4.78, 5) is 14.2. The second kappa shape index (κ2) is 9.01. The molecule has 0 heterocycles. The summed E-state index contributed by atoms with van der Waals surface area (Å²) in [6.45, 7) is 4.27. The lowest BCUT2D eigenvalue weighted by molar-refractivity contribution is -0.121. The van der Waals surface area contributed by atoms with Crippen LogP contribution in [0.1, 0.15) is 23.1 Å². The van der Waals surface area contributed by atoms with Crippen LogP contribution in [0.5, 0.6) is 0 Å². The van der Waals surface area contributed by atoms with Crippen LogP contribution in [0, 0.1) is 13.8 Å². The predicted octanol–water partition coefficient (Wildman–Crippen LogP) is 2.35. The van der Waals surface area contributed by atoms with Crippen molar-refractivity contribution in [2.24, 2.45) is 0 Å². The number of aryl methyl sites for hydroxylation is 2. The molecule has 0 unspecified atom stereocenters. The minimum atomic E-state index is -3.61. The molecule has 0 aliphatic rings. The van der Waals surface area contributed by atoms with Crippen LogP contribution in [0.2, 0.25) is 0 Å². The summed E-state index contributed by atoms with van der Waals surface area (Å²) in [6, 6.07) is 12.9. The van der Waals surface area contributed by atoms with Gasteiger partial charge in [0, 0.05) is 39.3 Å². The fraction of sp³-hybridized carbons (Fsp3) is 0.350. The van der Waals surface area contributed by atoms with E-state index < -0.39 is 10.0 Å². The number of nitrogens with one attached hydrogen (secondary N) is 2. The molecule has 146 valence electrons. The van der Waals surface area contributed by atoms with Gasteiger partial charge in [-0.3, -0.25) is 4.79 Å². The van der Waals surface area contributed by atoms with Gasteiger partial charge in [-0.2, -0.15) is 0 Å². The highest BCUT2D eigenvalue weighted by Crippen LogP contribution is 2.14. The third kappa shape index (κ3) is 6.08. The Kier molecular flexibility index (Phi) is 6.98. The topological polar surface area (TPSA) is 78.5 Å². The Labute approximate surface area is 161 Å². The van der Waals surface area contributed by atoms with Crippen LogP contribution in [0.4, 0.5) is 5.69 Å². The van der Waals surface area contributed by atoms with Gasteiger partial charge < -0.3 is 10.2 Å². The molecule has 0 spiro atoms. The highest BCUT2D eigenvalue weighted by Gasteiger charge is 2.14. The average Bonchev–Trinajstić information content (AvgIpc) is 2.62. The molecule has 0 fully saturated rings. The van der Waals surface area contributed by atoms with Crippen molar-refractivity contribution in [2.45, 2.75) is 31.7 Å². The molecule has 0 radical (unpaired) electrons. The van der Waals surface area contributed by atoms with E-state index in [0.29, 0.717) is 6.54 Å². The molecule has 2 rings (SSSR count). The van der Waals surface area contributed by atoms with Gasteiger partial charge in [-0.15, -0.1) is 0 Å². The van der Waals surface area contributed by atoms with E-state index in [2.05, 4.69) is 10.0 Å². The van der Waals surface area contributed by atoms with Gasteiger partial charge in [0.15, 0.2) is 0 Å². The zero-order valence-corrected chi connectivity index (χ0v) is 17.1. The van der Waals surface area contributed by atoms with Gasteiger partial charge in [0.2, 0.25) is 15.9 Å². The first-order valence-electron chi connectivity index (χ1n) is 8.79. The fourth-order valence-electron chi connectivity index (χ4n) is 2.46. The lowest BCUT2D eigenvalue weighted by Gasteiger charge is -2.13. The van der Waals surface area contributed by atoms with E-state index in [0.717, 1.165) is 22.4 Å². The molecule has 0 saturated carbocycles. The largest absolute Gasteiger partial charge is 0.378 e. The number of amides is 1. The summed E-state index contributed by atoms with van der Waals surface area (Å²) >= 11 is 0. The summed E-state index contributed by atoms with van der Waals surface area (Å²) in [7, 11) is 0.326. The first-order chi connectivity index (χ1) is 12.7. The second-order valence-corrected chi connectivity index (χ2v) is 8.50. The number of benzene rings is 2. The number of hydrogen-bond acceptors (Lipinski definition) is 4. The molecule has 0 aromatic heterocycles. The Balaban J connectivity index is 1.80. The first-order valence-corrected chi connectivity index (χ1v) is 10.3. The SMILES string of the molecule is Cc1ccc(S(=O)(=O)NCCC(=O)NCc2ccc(N(C)C)cc2)cc1C. The predicted molar refractivity (Wildman–Crippen MR) is 108 cm³/mol. The number of nitrogens with zero attached hydrogens (tertiary/aromatic N) is 1. The van der Waals surface area contributed by atoms with E-state index >= 15 is 0 Å². The van der Waals surface area contributed by atoms with Crippen molar-refractivity contribution in [3.8, 4) is 0 Å². The Morgan fingerprint density at radius 2 is 1.67 bits per heavy atom. The Hall–Kier alpha value is -2.38. The van der Waals surface area contributed by atoms with Crippen LogP contribution in [0.3, 0.4) is 0 Å². The van der Waals surface area contributed by atoms with Gasteiger partial charge in [0.25, 0.3) is 0 Å². The molecule has 6 nitrogen and oxygen atoms in total. The summed E-state index contributed by atoms with van der Waals surface area (Å²) < 4.78 is 27.1. The van der Waals surface area contributed by atoms with Crippen molar-refractivity contribution < 1.29 is 13.2 Å². The maximum atomic E-state index is 12.3. The summed E-state index contributed by atoms with van der Waals surface area (Å²) in [5.74, 6) is -0.200. The average molecular weight is 390 g/mol. The summed E-state index contributed by atoms with van der Waals surface area (Å²) in [6.07, 6.45) is 0.0832. The van der Waals surface area contributed by atoms with Gasteiger partial charge >= 0.3 is 0 Å². The normalized spacial score (nSPS) is 11.3. The van der Waals surface area contributed by atoms with E-state index in [1.807, 2.05) is 57.1 Å². The van der Waals surface area contributed by atoms with E-state index in [1.165, 1.54) is 0 Å². The van der Waals surface area contributed by atoms with Crippen molar-refractivity contribution in [3.63, 3.8) is 0 Å². The number of carbonyl (C=O) groups excluding carboxylic acids is 1. The molecule has 2 aromatic rings. The van der Waals surface area contributed by atoms with Crippen LogP contribution in [0.25, 0.3) is 0 Å². The lowest BCUT2D eigenvalue weighted by atomic mass is 10.1. The number of rotatable bonds is 8. The quantitative estimate of drug-likeness (QED) is 0.726. The third-order valence-electron chi connectivity index (χ3n) is 4.38. The molecule has 7 heteroatoms. The number of hydrogen-bond donors (Lipinski definition) is 2. The van der Waals surface area contributed by atoms with Crippen LogP contribution >= 0.6 is 0 Å². The minimum absolute atomic E-state index is 0.0562. The molecule has 0 saturated heterocycles. The Morgan fingerprint density at radius 1 is 1.00 bits per heavy atom. The van der Waals surface area contributed by atoms with Crippen LogP contribution in [-0.4, -0.2) is 35.0 Å². The Morgan fingerprint density at radius 3 is 2.26 bits per heavy atom. The van der Waals surface area contributed by atoms with Gasteiger partial charge in [0.05, 0.1) is 4.90 Å². The van der Waals surface area contributed by atoms with Gasteiger partial charge in [0.1, 0.15) is 0 Å². The smallest absolute Gasteiger partial charge is 0.240 e. The third-order valence-corrected chi connectivity index (χ3v) is 5.83. The minimum Gasteiger partial charge on any atom is -0.378 e. The molecular formula is C20H27N3O3S. The standard InChI is InChI=1S/C20H27N3O3S/c1-15-5-10-19(13-16(15)2)27(25,26)22-12-11-20(24)21-14-17-6-8-18(9-7-17)23(3)4/h5-10,13,22H,11-12,14H2,1-4H3,(H,21,24). The zero-order valence-electron chi connectivity index (χ0n) is 16.2. The van der Waals surface area contributed by atoms with E-state index in [9.17, 15) is 13.2 Å². The van der Waals surface area contributed by atoms with Gasteiger partial charge in [-0.1, -0.05) is 18.2 Å². The van der Waals surface area contributed by atoms with Crippen molar-refractivity contribution in [1.29, 1.82) is 0 Å². The van der Waals surface area contributed by atoms with Crippen molar-refractivity contribution in [1.82, 2.24) is 10.0 Å². The molecular weight excluding hydrogens is 362 g/mol. The van der Waals surface area contributed by atoms with E-state index in [1.54, 1.807) is 18.2 Å². The van der Waals surface area contributed by atoms with E-state index in [-0.39, 0.29) is 23.8 Å². The molecule has 0 aliphatic heterocycles. The van der Waals surface area contributed by atoms with Crippen molar-refractivity contribution in [2.75, 3.05) is 25.5 Å². The first kappa shape index (κ1) is 20.9. The summed E-state index contributed by atoms with van der Waals surface area (Å²) in [5.41, 5.74) is 4.03. The fourth-order valence-corrected chi connectivity index (χ4v) is 3.58. The zero-order chi connectivity index (χ0) is 20.0. The molecule has 0 atom stereocenters. The van der Waals surface area contributed by atoms with Gasteiger partial charge in [-0.25, -0.2) is 13.1 Å². The van der Waals surface area contributed by atoms with Crippen LogP contribution in [-0.2, 0) is 21.4 Å². The molecule has 2 N–H and O–H groups in total. The van der Waals surface area contributed by atoms with Crippen LogP contribution in [0.15, 0.2) is 47.4 Å². The van der Waals surface area contributed by atoms with Crippen molar-refractivity contribution >= 4 is 21.6 Å². The number of anilines is 1. The van der Waals surface area contributed by atoms with Crippen molar-refractivity contribution in [3.05, 3.63) is 59.2 Å². The molecule has 0 bridgehead atoms. The van der Waals surface area contributed by atoms with E-state index in [4.69, 9.17) is 0 Å². The number of sulfonamides is 1. The second-order valence-electron chi connectivity index (χ2n) is 6.73. The lowest BCUT2D eigenvalue weighted by Crippen LogP contribution is -2.30. The van der Waals surface area contributed by atoms with Gasteiger partial charge in [-0.05, 0) is 54.8 Å². The monoisotopic (exact) mass is 389 g/mol. The molecule has 2 aromatic carbocycles. The highest BCUT2D eigenvalue weighted by atomic mass is 32.2. The van der Waals surface area contributed by atoms with Crippen LogP contribution < -0.4 is 14.9 Å². The Bertz CT molecular complexity index is 891. The summed E-state index contributed by atoms with van der Waals surface area (Å²) in [5, 5.41) is 2.80. The highest BCUT2D eigenvalue weighted by molar-refractivity contribution is 7.89. The molecule has 1 amide bonds.